The summed E-state index contributed by atoms with van der Waals surface area (Å²) in [6.07, 6.45) is 1.72. The summed E-state index contributed by atoms with van der Waals surface area (Å²) in [7, 11) is 0. The van der Waals surface area contributed by atoms with Crippen LogP contribution in [0.2, 0.25) is 0 Å². The lowest BCUT2D eigenvalue weighted by molar-refractivity contribution is 0.278. The molecule has 0 saturated heterocycles. The van der Waals surface area contributed by atoms with E-state index in [4.69, 9.17) is 4.74 Å². The first-order chi connectivity index (χ1) is 8.19. The van der Waals surface area contributed by atoms with Gasteiger partial charge in [0.2, 0.25) is 0 Å². The number of ether oxygens (including phenoxy) is 1. The fourth-order valence-corrected chi connectivity index (χ4v) is 1.44. The maximum atomic E-state index is 13.6. The van der Waals surface area contributed by atoms with Crippen LogP contribution in [0.25, 0.3) is 0 Å². The summed E-state index contributed by atoms with van der Waals surface area (Å²) in [4.78, 5) is 0. The van der Waals surface area contributed by atoms with Crippen LogP contribution >= 0.6 is 0 Å². The van der Waals surface area contributed by atoms with Gasteiger partial charge in [-0.15, -0.1) is 0 Å². The molecule has 1 rings (SSSR count). The van der Waals surface area contributed by atoms with Crippen molar-refractivity contribution in [3.63, 3.8) is 0 Å². The Morgan fingerprint density at radius 1 is 1.18 bits per heavy atom. The van der Waals surface area contributed by atoms with Gasteiger partial charge >= 0.3 is 0 Å². The standard InChI is InChI=1S/C13H19F2NO/c1-3-5-6-17-13-11(14)7-10(8-12(13)15)9-16-4-2/h7-8,16H,3-6,9H2,1-2H3. The van der Waals surface area contributed by atoms with Gasteiger partial charge in [-0.05, 0) is 30.7 Å². The predicted octanol–water partition coefficient (Wildman–Crippen LogP) is 3.25. The third kappa shape index (κ3) is 4.30. The monoisotopic (exact) mass is 243 g/mol. The van der Waals surface area contributed by atoms with Crippen molar-refractivity contribution in [3.8, 4) is 5.75 Å². The average molecular weight is 243 g/mol. The Bertz CT molecular complexity index is 332. The fraction of sp³-hybridized carbons (Fsp3) is 0.538. The molecule has 96 valence electrons. The Balaban J connectivity index is 2.72. The van der Waals surface area contributed by atoms with Gasteiger partial charge in [0.05, 0.1) is 6.61 Å². The van der Waals surface area contributed by atoms with E-state index >= 15 is 0 Å². The molecule has 0 heterocycles. The van der Waals surface area contributed by atoms with E-state index in [2.05, 4.69) is 5.32 Å². The molecule has 1 aromatic rings. The molecule has 0 spiro atoms. The number of halogens is 2. The van der Waals surface area contributed by atoms with Crippen molar-refractivity contribution in [1.82, 2.24) is 5.32 Å². The molecule has 0 saturated carbocycles. The first-order valence-electron chi connectivity index (χ1n) is 6.00. The maximum absolute atomic E-state index is 13.6. The minimum Gasteiger partial charge on any atom is -0.488 e. The van der Waals surface area contributed by atoms with E-state index in [0.29, 0.717) is 18.7 Å². The van der Waals surface area contributed by atoms with Crippen LogP contribution < -0.4 is 10.1 Å². The predicted molar refractivity (Wildman–Crippen MR) is 64.1 cm³/mol. The Morgan fingerprint density at radius 2 is 1.82 bits per heavy atom. The second-order valence-corrected chi connectivity index (χ2v) is 3.87. The zero-order valence-electron chi connectivity index (χ0n) is 10.4. The van der Waals surface area contributed by atoms with E-state index in [-0.39, 0.29) is 5.75 Å². The van der Waals surface area contributed by atoms with Crippen molar-refractivity contribution in [2.75, 3.05) is 13.2 Å². The van der Waals surface area contributed by atoms with E-state index < -0.39 is 11.6 Å². The first kappa shape index (κ1) is 13.9. The third-order valence-electron chi connectivity index (χ3n) is 2.38. The van der Waals surface area contributed by atoms with Crippen LogP contribution in [-0.2, 0) is 6.54 Å². The molecule has 0 aliphatic rings. The van der Waals surface area contributed by atoms with Crippen molar-refractivity contribution in [2.24, 2.45) is 0 Å². The lowest BCUT2D eigenvalue weighted by Crippen LogP contribution is -2.12. The van der Waals surface area contributed by atoms with Crippen molar-refractivity contribution < 1.29 is 13.5 Å². The molecule has 0 aliphatic carbocycles. The van der Waals surface area contributed by atoms with Crippen molar-refractivity contribution >= 4 is 0 Å². The fourth-order valence-electron chi connectivity index (χ4n) is 1.44. The van der Waals surface area contributed by atoms with Gasteiger partial charge in [-0.3, -0.25) is 0 Å². The normalized spacial score (nSPS) is 10.6. The highest BCUT2D eigenvalue weighted by molar-refractivity contribution is 5.31. The van der Waals surface area contributed by atoms with Gasteiger partial charge in [0.15, 0.2) is 17.4 Å². The Hall–Kier alpha value is -1.16. The van der Waals surface area contributed by atoms with Crippen molar-refractivity contribution in [2.45, 2.75) is 33.2 Å². The van der Waals surface area contributed by atoms with E-state index in [9.17, 15) is 8.78 Å². The summed E-state index contributed by atoms with van der Waals surface area (Å²) in [5, 5.41) is 3.02. The molecule has 2 nitrogen and oxygen atoms in total. The Kier molecular flexibility index (Phi) is 5.91. The highest BCUT2D eigenvalue weighted by atomic mass is 19.1. The second-order valence-electron chi connectivity index (χ2n) is 3.87. The van der Waals surface area contributed by atoms with Crippen LogP contribution in [0.4, 0.5) is 8.78 Å². The zero-order valence-corrected chi connectivity index (χ0v) is 10.4. The van der Waals surface area contributed by atoms with Crippen molar-refractivity contribution in [1.29, 1.82) is 0 Å². The molecular weight excluding hydrogens is 224 g/mol. The van der Waals surface area contributed by atoms with E-state index in [1.807, 2.05) is 13.8 Å². The Morgan fingerprint density at radius 3 is 2.35 bits per heavy atom. The Labute approximate surface area is 101 Å². The number of benzene rings is 1. The summed E-state index contributed by atoms with van der Waals surface area (Å²) in [5.74, 6) is -1.53. The highest BCUT2D eigenvalue weighted by Gasteiger charge is 2.12. The third-order valence-corrected chi connectivity index (χ3v) is 2.38. The largest absolute Gasteiger partial charge is 0.488 e. The summed E-state index contributed by atoms with van der Waals surface area (Å²) in [6.45, 7) is 5.50. The van der Waals surface area contributed by atoms with Crippen molar-refractivity contribution in [3.05, 3.63) is 29.3 Å². The van der Waals surface area contributed by atoms with Crippen LogP contribution in [0.1, 0.15) is 32.3 Å². The topological polar surface area (TPSA) is 21.3 Å². The lowest BCUT2D eigenvalue weighted by atomic mass is 10.2. The van der Waals surface area contributed by atoms with Crippen LogP contribution in [-0.4, -0.2) is 13.2 Å². The van der Waals surface area contributed by atoms with Gasteiger partial charge in [-0.25, -0.2) is 8.78 Å². The van der Waals surface area contributed by atoms with E-state index in [1.54, 1.807) is 0 Å². The van der Waals surface area contributed by atoms with E-state index in [0.717, 1.165) is 19.4 Å². The molecule has 17 heavy (non-hydrogen) atoms. The minimum atomic E-state index is -0.631. The van der Waals surface area contributed by atoms with E-state index in [1.165, 1.54) is 12.1 Å². The number of hydrogen-bond donors (Lipinski definition) is 1. The smallest absolute Gasteiger partial charge is 0.190 e. The molecule has 1 N–H and O–H groups in total. The lowest BCUT2D eigenvalue weighted by Gasteiger charge is -2.10. The van der Waals surface area contributed by atoms with Gasteiger partial charge in [0, 0.05) is 6.54 Å². The second kappa shape index (κ2) is 7.22. The molecule has 0 aromatic heterocycles. The summed E-state index contributed by atoms with van der Waals surface area (Å²) in [5.41, 5.74) is 0.588. The number of hydrogen-bond acceptors (Lipinski definition) is 2. The highest BCUT2D eigenvalue weighted by Crippen LogP contribution is 2.23. The van der Waals surface area contributed by atoms with Gasteiger partial charge in [0.25, 0.3) is 0 Å². The molecule has 0 bridgehead atoms. The zero-order chi connectivity index (χ0) is 12.7. The molecule has 1 aromatic carbocycles. The SMILES string of the molecule is CCCCOc1c(F)cc(CNCC)cc1F. The van der Waals surface area contributed by atoms with Gasteiger partial charge < -0.3 is 10.1 Å². The number of unbranched alkanes of at least 4 members (excludes halogenated alkanes) is 1. The quantitative estimate of drug-likeness (QED) is 0.742. The number of rotatable bonds is 7. The molecule has 0 fully saturated rings. The summed E-state index contributed by atoms with van der Waals surface area (Å²) in [6, 6.07) is 2.63. The molecular formula is C13H19F2NO. The average Bonchev–Trinajstić information content (AvgIpc) is 2.30. The summed E-state index contributed by atoms with van der Waals surface area (Å²) >= 11 is 0. The number of nitrogens with one attached hydrogen (secondary N) is 1. The first-order valence-corrected chi connectivity index (χ1v) is 6.00. The van der Waals surface area contributed by atoms with Gasteiger partial charge in [-0.1, -0.05) is 20.3 Å². The summed E-state index contributed by atoms with van der Waals surface area (Å²) < 4.78 is 32.2. The van der Waals surface area contributed by atoms with Gasteiger partial charge in [0.1, 0.15) is 0 Å². The molecule has 0 radical (unpaired) electrons. The minimum absolute atomic E-state index is 0.265. The van der Waals surface area contributed by atoms with Crippen LogP contribution in [0.5, 0.6) is 5.75 Å². The van der Waals surface area contributed by atoms with Crippen LogP contribution in [0.15, 0.2) is 12.1 Å². The molecule has 0 amide bonds. The molecule has 0 atom stereocenters. The van der Waals surface area contributed by atoms with Crippen LogP contribution in [0.3, 0.4) is 0 Å². The maximum Gasteiger partial charge on any atom is 0.190 e. The van der Waals surface area contributed by atoms with Crippen LogP contribution in [0, 0.1) is 11.6 Å². The molecule has 0 unspecified atom stereocenters. The molecule has 0 aliphatic heterocycles. The molecule has 4 heteroatoms. The van der Waals surface area contributed by atoms with Gasteiger partial charge in [-0.2, -0.15) is 0 Å².